The predicted octanol–water partition coefficient (Wildman–Crippen LogP) is 1.22. The first-order valence-corrected chi connectivity index (χ1v) is 3.51. The highest BCUT2D eigenvalue weighted by Gasteiger charge is 2.03. The average molecular weight is 155 g/mol. The molecule has 0 aliphatic rings. The highest BCUT2D eigenvalue weighted by atomic mass is 16.1. The fraction of sp³-hybridized carbons (Fsp3) is 0.429. The van der Waals surface area contributed by atoms with Gasteiger partial charge in [-0.25, -0.2) is 0 Å². The summed E-state index contributed by atoms with van der Waals surface area (Å²) in [6, 6.07) is 0. The number of carbonyl (C=O) groups excluding carboxylic acids is 1. The smallest absolute Gasteiger partial charge is 0.165 e. The molecule has 3 N–H and O–H groups in total. The molecule has 0 unspecified atom stereocenters. The molecular formula is C7H13N3O. The number of carbonyl (C=O) groups is 1. The van der Waals surface area contributed by atoms with Crippen LogP contribution < -0.4 is 5.73 Å². The summed E-state index contributed by atoms with van der Waals surface area (Å²) >= 11 is 0. The quantitative estimate of drug-likeness (QED) is 0.599. The van der Waals surface area contributed by atoms with Gasteiger partial charge < -0.3 is 5.73 Å². The van der Waals surface area contributed by atoms with Crippen LogP contribution in [-0.4, -0.2) is 16.0 Å². The van der Waals surface area contributed by atoms with Crippen molar-refractivity contribution in [2.45, 2.75) is 20.8 Å². The van der Waals surface area contributed by atoms with E-state index in [1.54, 1.807) is 0 Å². The van der Waals surface area contributed by atoms with Crippen molar-refractivity contribution in [1.82, 2.24) is 10.2 Å². The van der Waals surface area contributed by atoms with Crippen LogP contribution in [0.3, 0.4) is 0 Å². The normalized spacial score (nSPS) is 8.27. The third kappa shape index (κ3) is 2.41. The lowest BCUT2D eigenvalue weighted by Crippen LogP contribution is -1.95. The number of nitrogens with one attached hydrogen (secondary N) is 1. The summed E-state index contributed by atoms with van der Waals surface area (Å²) < 4.78 is 0. The number of nitrogens with zero attached hydrogens (tertiary/aromatic N) is 1. The Morgan fingerprint density at radius 3 is 2.36 bits per heavy atom. The van der Waals surface area contributed by atoms with E-state index in [9.17, 15) is 4.79 Å². The molecule has 1 aromatic rings. The summed E-state index contributed by atoms with van der Waals surface area (Å²) in [5, 5.41) is 6.03. The van der Waals surface area contributed by atoms with Crippen molar-refractivity contribution in [2.24, 2.45) is 0 Å². The lowest BCUT2D eigenvalue weighted by atomic mass is 10.2. The first-order chi connectivity index (χ1) is 5.22. The van der Waals surface area contributed by atoms with Crippen LogP contribution in [0.15, 0.2) is 6.20 Å². The Morgan fingerprint density at radius 2 is 2.18 bits per heavy atom. The topological polar surface area (TPSA) is 71.8 Å². The zero-order chi connectivity index (χ0) is 8.85. The first-order valence-electron chi connectivity index (χ1n) is 3.51. The SMILES string of the molecule is CC.CC(=O)c1cn[nH]c1N. The number of aromatic amines is 1. The molecule has 11 heavy (non-hydrogen) atoms. The molecule has 62 valence electrons. The van der Waals surface area contributed by atoms with Gasteiger partial charge in [-0.1, -0.05) is 13.8 Å². The second-order valence-corrected chi connectivity index (χ2v) is 1.75. The minimum Gasteiger partial charge on any atom is -0.383 e. The fourth-order valence-corrected chi connectivity index (χ4v) is 0.577. The molecule has 0 aliphatic heterocycles. The molecule has 4 nitrogen and oxygen atoms in total. The summed E-state index contributed by atoms with van der Waals surface area (Å²) in [5.41, 5.74) is 5.76. The van der Waals surface area contributed by atoms with E-state index in [2.05, 4.69) is 10.2 Å². The van der Waals surface area contributed by atoms with E-state index >= 15 is 0 Å². The molecule has 0 saturated carbocycles. The fourth-order valence-electron chi connectivity index (χ4n) is 0.577. The summed E-state index contributed by atoms with van der Waals surface area (Å²) in [7, 11) is 0. The predicted molar refractivity (Wildman–Crippen MR) is 44.4 cm³/mol. The van der Waals surface area contributed by atoms with Gasteiger partial charge in [0.1, 0.15) is 5.82 Å². The van der Waals surface area contributed by atoms with Crippen LogP contribution in [0.4, 0.5) is 5.82 Å². The monoisotopic (exact) mass is 155 g/mol. The minimum absolute atomic E-state index is 0.0683. The summed E-state index contributed by atoms with van der Waals surface area (Å²) in [6.45, 7) is 5.45. The van der Waals surface area contributed by atoms with E-state index in [4.69, 9.17) is 5.73 Å². The first kappa shape index (κ1) is 9.68. The van der Waals surface area contributed by atoms with E-state index in [1.165, 1.54) is 13.1 Å². The molecule has 1 rings (SSSR count). The van der Waals surface area contributed by atoms with Gasteiger partial charge in [0, 0.05) is 0 Å². The van der Waals surface area contributed by atoms with E-state index in [0.29, 0.717) is 11.4 Å². The molecule has 0 aromatic carbocycles. The molecule has 0 aliphatic carbocycles. The van der Waals surface area contributed by atoms with Crippen LogP contribution in [0.25, 0.3) is 0 Å². The van der Waals surface area contributed by atoms with Gasteiger partial charge in [-0.3, -0.25) is 9.89 Å². The number of nitrogen functional groups attached to an aromatic ring is 1. The number of Topliss-reactive ketones (excluding diaryl/α,β-unsaturated/α-hetero) is 1. The van der Waals surface area contributed by atoms with Crippen LogP contribution in [-0.2, 0) is 0 Å². The summed E-state index contributed by atoms with van der Waals surface area (Å²) in [6.07, 6.45) is 1.41. The molecule has 4 heteroatoms. The number of anilines is 1. The van der Waals surface area contributed by atoms with E-state index in [1.807, 2.05) is 13.8 Å². The number of nitrogens with two attached hydrogens (primary N) is 1. The minimum atomic E-state index is -0.0683. The largest absolute Gasteiger partial charge is 0.383 e. The van der Waals surface area contributed by atoms with Crippen LogP contribution in [0.5, 0.6) is 0 Å². The van der Waals surface area contributed by atoms with Gasteiger partial charge in [0.25, 0.3) is 0 Å². The summed E-state index contributed by atoms with van der Waals surface area (Å²) in [5.74, 6) is 0.267. The van der Waals surface area contributed by atoms with Crippen molar-refractivity contribution < 1.29 is 4.79 Å². The number of ketones is 1. The van der Waals surface area contributed by atoms with Gasteiger partial charge in [-0.15, -0.1) is 0 Å². The molecule has 0 atom stereocenters. The molecule has 0 bridgehead atoms. The Hall–Kier alpha value is -1.32. The maximum atomic E-state index is 10.6. The van der Waals surface area contributed by atoms with Gasteiger partial charge in [0.15, 0.2) is 5.78 Å². The molecule has 0 spiro atoms. The Balaban J connectivity index is 0.000000461. The van der Waals surface area contributed by atoms with Crippen molar-refractivity contribution in [3.8, 4) is 0 Å². The lowest BCUT2D eigenvalue weighted by Gasteiger charge is -1.86. The highest BCUT2D eigenvalue weighted by molar-refractivity contribution is 5.97. The van der Waals surface area contributed by atoms with Crippen molar-refractivity contribution >= 4 is 11.6 Å². The van der Waals surface area contributed by atoms with Crippen LogP contribution in [0.1, 0.15) is 31.1 Å². The molecule has 0 saturated heterocycles. The van der Waals surface area contributed by atoms with Crippen molar-refractivity contribution in [1.29, 1.82) is 0 Å². The van der Waals surface area contributed by atoms with Crippen LogP contribution in [0.2, 0.25) is 0 Å². The van der Waals surface area contributed by atoms with Gasteiger partial charge in [-0.05, 0) is 6.92 Å². The highest BCUT2D eigenvalue weighted by Crippen LogP contribution is 2.05. The Labute approximate surface area is 65.8 Å². The Kier molecular flexibility index (Phi) is 3.95. The third-order valence-electron chi connectivity index (χ3n) is 1.05. The van der Waals surface area contributed by atoms with E-state index < -0.39 is 0 Å². The van der Waals surface area contributed by atoms with E-state index in [-0.39, 0.29) is 5.78 Å². The average Bonchev–Trinajstić information content (AvgIpc) is 2.39. The molecule has 1 aromatic heterocycles. The van der Waals surface area contributed by atoms with Crippen LogP contribution in [0, 0.1) is 0 Å². The van der Waals surface area contributed by atoms with Gasteiger partial charge in [0.05, 0.1) is 11.8 Å². The number of hydrogen-bond donors (Lipinski definition) is 2. The number of hydrogen-bond acceptors (Lipinski definition) is 3. The molecule has 1 heterocycles. The van der Waals surface area contributed by atoms with Crippen molar-refractivity contribution in [2.75, 3.05) is 5.73 Å². The van der Waals surface area contributed by atoms with Crippen LogP contribution >= 0.6 is 0 Å². The maximum Gasteiger partial charge on any atom is 0.165 e. The van der Waals surface area contributed by atoms with Gasteiger partial charge in [-0.2, -0.15) is 5.10 Å². The standard InChI is InChI=1S/C5H7N3O.C2H6/c1-3(9)4-2-7-8-5(4)6;1-2/h2H,1H3,(H3,6,7,8);1-2H3. The number of H-pyrrole nitrogens is 1. The lowest BCUT2D eigenvalue weighted by molar-refractivity contribution is 0.101. The van der Waals surface area contributed by atoms with Gasteiger partial charge >= 0.3 is 0 Å². The molecule has 0 amide bonds. The van der Waals surface area contributed by atoms with Crippen molar-refractivity contribution in [3.05, 3.63) is 11.8 Å². The van der Waals surface area contributed by atoms with E-state index in [0.717, 1.165) is 0 Å². The molecule has 0 radical (unpaired) electrons. The Bertz CT molecular complexity index is 229. The molecular weight excluding hydrogens is 142 g/mol. The maximum absolute atomic E-state index is 10.6. The second kappa shape index (κ2) is 4.49. The number of rotatable bonds is 1. The third-order valence-corrected chi connectivity index (χ3v) is 1.05. The zero-order valence-electron chi connectivity index (χ0n) is 7.01. The van der Waals surface area contributed by atoms with Gasteiger partial charge in [0.2, 0.25) is 0 Å². The molecule has 0 fully saturated rings. The Morgan fingerprint density at radius 1 is 1.64 bits per heavy atom. The zero-order valence-corrected chi connectivity index (χ0v) is 7.01. The summed E-state index contributed by atoms with van der Waals surface area (Å²) in [4.78, 5) is 10.6. The number of aromatic nitrogens is 2. The van der Waals surface area contributed by atoms with Crippen molar-refractivity contribution in [3.63, 3.8) is 0 Å². The second-order valence-electron chi connectivity index (χ2n) is 1.75.